The number of aryl methyl sites for hydroxylation is 2. The molecule has 0 radical (unpaired) electrons. The average Bonchev–Trinajstić information content (AvgIpc) is 3.01. The van der Waals surface area contributed by atoms with Crippen molar-refractivity contribution in [2.45, 2.75) is 40.0 Å². The van der Waals surface area contributed by atoms with Crippen LogP contribution in [0.15, 0.2) is 21.5 Å². The van der Waals surface area contributed by atoms with E-state index in [0.717, 1.165) is 29.0 Å². The van der Waals surface area contributed by atoms with Crippen LogP contribution in [0.2, 0.25) is 0 Å². The molecule has 2 aromatic rings. The first-order valence-corrected chi connectivity index (χ1v) is 8.27. The van der Waals surface area contributed by atoms with Crippen LogP contribution < -0.4 is 11.0 Å². The van der Waals surface area contributed by atoms with Gasteiger partial charge in [-0.1, -0.05) is 5.57 Å². The van der Waals surface area contributed by atoms with Gasteiger partial charge in [0.1, 0.15) is 10.7 Å². The van der Waals surface area contributed by atoms with E-state index in [1.54, 1.807) is 0 Å². The quantitative estimate of drug-likeness (QED) is 0.847. The van der Waals surface area contributed by atoms with Crippen LogP contribution in [-0.2, 0) is 11.2 Å². The van der Waals surface area contributed by atoms with Gasteiger partial charge in [0, 0.05) is 4.88 Å². The van der Waals surface area contributed by atoms with Crippen LogP contribution in [0, 0.1) is 13.8 Å². The Morgan fingerprint density at radius 2 is 2.17 bits per heavy atom. The molecule has 0 spiro atoms. The highest BCUT2D eigenvalue weighted by Gasteiger charge is 2.14. The largest absolute Gasteiger partial charge is 0.309 e. The topological polar surface area (TPSA) is 87.2 Å². The number of amides is 1. The van der Waals surface area contributed by atoms with Gasteiger partial charge in [0.05, 0.1) is 17.5 Å². The molecule has 0 atom stereocenters. The SMILES string of the molecule is CC1=C/C(=N/NC(=O)Cc2nc3sc(C)c(C)c3c(=O)[nH]2)CC1. The van der Waals surface area contributed by atoms with E-state index in [1.807, 2.05) is 26.8 Å². The summed E-state index contributed by atoms with van der Waals surface area (Å²) in [6.07, 6.45) is 3.81. The first kappa shape index (κ1) is 15.6. The number of nitrogens with zero attached hydrogens (tertiary/aromatic N) is 2. The van der Waals surface area contributed by atoms with Gasteiger partial charge in [-0.15, -0.1) is 11.3 Å². The van der Waals surface area contributed by atoms with Gasteiger partial charge in [0.15, 0.2) is 0 Å². The second-order valence-electron chi connectivity index (χ2n) is 5.78. The Bertz CT molecular complexity index is 905. The smallest absolute Gasteiger partial charge is 0.259 e. The maximum absolute atomic E-state index is 12.2. The molecule has 0 aromatic carbocycles. The first-order valence-electron chi connectivity index (χ1n) is 7.45. The zero-order valence-corrected chi connectivity index (χ0v) is 14.1. The van der Waals surface area contributed by atoms with Crippen LogP contribution in [0.1, 0.15) is 36.0 Å². The molecule has 0 aliphatic heterocycles. The molecule has 1 aliphatic carbocycles. The minimum absolute atomic E-state index is 0.000646. The molecule has 0 saturated heterocycles. The third kappa shape index (κ3) is 3.24. The van der Waals surface area contributed by atoms with Gasteiger partial charge in [-0.2, -0.15) is 5.10 Å². The normalized spacial score (nSPS) is 16.1. The lowest BCUT2D eigenvalue weighted by Crippen LogP contribution is -2.23. The van der Waals surface area contributed by atoms with Gasteiger partial charge < -0.3 is 4.98 Å². The van der Waals surface area contributed by atoms with Crippen molar-refractivity contribution in [3.63, 3.8) is 0 Å². The maximum Gasteiger partial charge on any atom is 0.259 e. The predicted molar refractivity (Wildman–Crippen MR) is 92.0 cm³/mol. The van der Waals surface area contributed by atoms with Crippen LogP contribution in [-0.4, -0.2) is 21.6 Å². The molecular formula is C16H18N4O2S. The number of nitrogens with one attached hydrogen (secondary N) is 2. The Kier molecular flexibility index (Phi) is 4.12. The molecule has 0 bridgehead atoms. The van der Waals surface area contributed by atoms with Crippen LogP contribution in [0.25, 0.3) is 10.2 Å². The van der Waals surface area contributed by atoms with Crippen molar-refractivity contribution in [2.24, 2.45) is 5.10 Å². The van der Waals surface area contributed by atoms with Gasteiger partial charge in [-0.05, 0) is 45.3 Å². The molecule has 23 heavy (non-hydrogen) atoms. The molecule has 0 saturated carbocycles. The Labute approximate surface area is 137 Å². The van der Waals surface area contributed by atoms with E-state index in [0.29, 0.717) is 16.0 Å². The second-order valence-corrected chi connectivity index (χ2v) is 6.98. The van der Waals surface area contributed by atoms with Crippen molar-refractivity contribution < 1.29 is 4.79 Å². The van der Waals surface area contributed by atoms with Crippen LogP contribution in [0.3, 0.4) is 0 Å². The molecule has 1 amide bonds. The highest BCUT2D eigenvalue weighted by molar-refractivity contribution is 7.18. The summed E-state index contributed by atoms with van der Waals surface area (Å²) in [5.41, 5.74) is 5.41. The Morgan fingerprint density at radius 1 is 1.39 bits per heavy atom. The van der Waals surface area contributed by atoms with Crippen molar-refractivity contribution in [1.82, 2.24) is 15.4 Å². The number of carbonyl (C=O) groups excluding carboxylic acids is 1. The number of fused-ring (bicyclic) bond motifs is 1. The number of hydrogen-bond donors (Lipinski definition) is 2. The standard InChI is InChI=1S/C16H18N4O2S/c1-8-4-5-11(6-8)19-20-13(21)7-12-17-15(22)14-9(2)10(3)23-16(14)18-12/h6H,4-5,7H2,1-3H3,(H,20,21)(H,17,18,22)/b19-11+. The van der Waals surface area contributed by atoms with Crippen LogP contribution in [0.4, 0.5) is 0 Å². The van der Waals surface area contributed by atoms with E-state index in [9.17, 15) is 9.59 Å². The number of aromatic amines is 1. The Morgan fingerprint density at radius 3 is 2.87 bits per heavy atom. The summed E-state index contributed by atoms with van der Waals surface area (Å²) in [5.74, 6) is 0.0718. The molecule has 2 N–H and O–H groups in total. The number of thiophene rings is 1. The van der Waals surface area contributed by atoms with Gasteiger partial charge in [-0.3, -0.25) is 9.59 Å². The minimum atomic E-state index is -0.289. The lowest BCUT2D eigenvalue weighted by molar-refractivity contribution is -0.120. The van der Waals surface area contributed by atoms with Crippen molar-refractivity contribution in [2.75, 3.05) is 0 Å². The molecule has 0 fully saturated rings. The molecule has 120 valence electrons. The predicted octanol–water partition coefficient (Wildman–Crippen LogP) is 2.36. The lowest BCUT2D eigenvalue weighted by atomic mass is 10.2. The van der Waals surface area contributed by atoms with Crippen molar-refractivity contribution >= 4 is 33.2 Å². The fraction of sp³-hybridized carbons (Fsp3) is 0.375. The molecule has 2 aromatic heterocycles. The fourth-order valence-corrected chi connectivity index (χ4v) is 3.60. The molecule has 7 heteroatoms. The first-order chi connectivity index (χ1) is 10.9. The number of aromatic nitrogens is 2. The van der Waals surface area contributed by atoms with E-state index in [2.05, 4.69) is 20.5 Å². The van der Waals surface area contributed by atoms with E-state index in [-0.39, 0.29) is 17.9 Å². The zero-order valence-electron chi connectivity index (χ0n) is 13.3. The van der Waals surface area contributed by atoms with E-state index >= 15 is 0 Å². The van der Waals surface area contributed by atoms with Gasteiger partial charge in [-0.25, -0.2) is 10.4 Å². The Balaban J connectivity index is 1.76. The summed E-state index contributed by atoms with van der Waals surface area (Å²) in [4.78, 5) is 33.0. The maximum atomic E-state index is 12.2. The van der Waals surface area contributed by atoms with Gasteiger partial charge >= 0.3 is 0 Å². The molecule has 0 unspecified atom stereocenters. The molecule has 2 heterocycles. The summed E-state index contributed by atoms with van der Waals surface area (Å²) in [6, 6.07) is 0. The number of hydrazone groups is 1. The fourth-order valence-electron chi connectivity index (χ4n) is 2.55. The van der Waals surface area contributed by atoms with E-state index in [4.69, 9.17) is 0 Å². The highest BCUT2D eigenvalue weighted by Crippen LogP contribution is 2.25. The monoisotopic (exact) mass is 330 g/mol. The van der Waals surface area contributed by atoms with Gasteiger partial charge in [0.2, 0.25) is 5.91 Å². The van der Waals surface area contributed by atoms with Crippen molar-refractivity contribution in [1.29, 1.82) is 0 Å². The van der Waals surface area contributed by atoms with Crippen LogP contribution in [0.5, 0.6) is 0 Å². The summed E-state index contributed by atoms with van der Waals surface area (Å²) in [7, 11) is 0. The third-order valence-corrected chi connectivity index (χ3v) is 5.03. The number of rotatable bonds is 3. The number of carbonyl (C=O) groups is 1. The van der Waals surface area contributed by atoms with Crippen molar-refractivity contribution in [3.8, 4) is 0 Å². The highest BCUT2D eigenvalue weighted by atomic mass is 32.1. The van der Waals surface area contributed by atoms with Crippen LogP contribution >= 0.6 is 11.3 Å². The molecule has 3 rings (SSSR count). The molecular weight excluding hydrogens is 312 g/mol. The van der Waals surface area contributed by atoms with E-state index < -0.39 is 0 Å². The Hall–Kier alpha value is -2.28. The van der Waals surface area contributed by atoms with Crippen molar-refractivity contribution in [3.05, 3.63) is 38.3 Å². The zero-order chi connectivity index (χ0) is 16.6. The number of allylic oxidation sites excluding steroid dienone is 2. The third-order valence-electron chi connectivity index (χ3n) is 3.93. The minimum Gasteiger partial charge on any atom is -0.309 e. The summed E-state index contributed by atoms with van der Waals surface area (Å²) >= 11 is 1.47. The number of H-pyrrole nitrogens is 1. The lowest BCUT2D eigenvalue weighted by Gasteiger charge is -2.01. The molecule has 1 aliphatic rings. The average molecular weight is 330 g/mol. The van der Waals surface area contributed by atoms with Gasteiger partial charge in [0.25, 0.3) is 5.56 Å². The molecule has 6 nitrogen and oxygen atoms in total. The number of hydrogen-bond acceptors (Lipinski definition) is 5. The summed E-state index contributed by atoms with van der Waals surface area (Å²) in [6.45, 7) is 5.91. The second kappa shape index (κ2) is 6.08. The summed E-state index contributed by atoms with van der Waals surface area (Å²) < 4.78 is 0. The van der Waals surface area contributed by atoms with E-state index in [1.165, 1.54) is 16.9 Å². The summed E-state index contributed by atoms with van der Waals surface area (Å²) in [5, 5.41) is 4.71.